The Hall–Kier alpha value is -7.49. The van der Waals surface area contributed by atoms with Crippen LogP contribution >= 0.6 is 0 Å². The van der Waals surface area contributed by atoms with Gasteiger partial charge < -0.3 is 0 Å². The standard InChI is InChI=1S/C54H33N3/c1-5-13-46-41(9-1)42-10-2-6-14-47(42)54(46)48-15-7-3-11-43(48)52-49(54)22-21-45-51(52)44-12-4-8-16-50(44)57-53(45)37-19-17-34(18-20-37)38-31-39(35-23-27-55-28-24-35)33-40(32-38)36-25-29-56-30-26-36/h1-33H. The molecule has 2 aliphatic rings. The van der Waals surface area contributed by atoms with Gasteiger partial charge in [-0.3, -0.25) is 9.97 Å². The summed E-state index contributed by atoms with van der Waals surface area (Å²) in [6.07, 6.45) is 7.40. The van der Waals surface area contributed by atoms with Gasteiger partial charge in [0.2, 0.25) is 0 Å². The highest BCUT2D eigenvalue weighted by atomic mass is 14.7. The predicted molar refractivity (Wildman–Crippen MR) is 233 cm³/mol. The summed E-state index contributed by atoms with van der Waals surface area (Å²) in [7, 11) is 0. The summed E-state index contributed by atoms with van der Waals surface area (Å²) in [5, 5.41) is 3.59. The number of aromatic nitrogens is 3. The molecule has 0 saturated heterocycles. The van der Waals surface area contributed by atoms with E-state index in [0.717, 1.165) is 55.5 Å². The van der Waals surface area contributed by atoms with Gasteiger partial charge in [0.25, 0.3) is 0 Å². The maximum atomic E-state index is 5.41. The van der Waals surface area contributed by atoms with Crippen molar-refractivity contribution in [2.45, 2.75) is 5.41 Å². The third-order valence-corrected chi connectivity index (χ3v) is 12.3. The number of fused-ring (bicyclic) bond motifs is 14. The van der Waals surface area contributed by atoms with Crippen LogP contribution < -0.4 is 0 Å². The number of rotatable bonds is 4. The van der Waals surface area contributed by atoms with E-state index in [2.05, 4.69) is 186 Å². The van der Waals surface area contributed by atoms with Gasteiger partial charge in [-0.2, -0.15) is 0 Å². The minimum Gasteiger partial charge on any atom is -0.265 e. The van der Waals surface area contributed by atoms with Gasteiger partial charge in [0, 0.05) is 46.5 Å². The smallest absolute Gasteiger partial charge is 0.0788 e. The van der Waals surface area contributed by atoms with Crippen LogP contribution in [0.5, 0.6) is 0 Å². The van der Waals surface area contributed by atoms with Crippen molar-refractivity contribution in [1.29, 1.82) is 0 Å². The maximum Gasteiger partial charge on any atom is 0.0788 e. The first-order chi connectivity index (χ1) is 28.3. The molecule has 0 amide bonds. The van der Waals surface area contributed by atoms with Gasteiger partial charge in [-0.25, -0.2) is 4.98 Å². The van der Waals surface area contributed by atoms with E-state index in [0.29, 0.717) is 0 Å². The lowest BCUT2D eigenvalue weighted by Gasteiger charge is -2.30. The van der Waals surface area contributed by atoms with Gasteiger partial charge in [0.15, 0.2) is 0 Å². The first-order valence-corrected chi connectivity index (χ1v) is 19.5. The molecule has 0 fully saturated rings. The Morgan fingerprint density at radius 1 is 0.333 bits per heavy atom. The summed E-state index contributed by atoms with van der Waals surface area (Å²) >= 11 is 0. The van der Waals surface area contributed by atoms with Crippen LogP contribution in [0.25, 0.3) is 88.6 Å². The fourth-order valence-electron chi connectivity index (χ4n) is 9.88. The van der Waals surface area contributed by atoms with E-state index in [-0.39, 0.29) is 0 Å². The molecule has 264 valence electrons. The minimum atomic E-state index is -0.403. The largest absolute Gasteiger partial charge is 0.265 e. The number of benzene rings is 7. The number of nitrogens with zero attached hydrogens (tertiary/aromatic N) is 3. The average molecular weight is 724 g/mol. The molecule has 0 aliphatic heterocycles. The molecule has 3 aromatic heterocycles. The quantitative estimate of drug-likeness (QED) is 0.170. The third kappa shape index (κ3) is 4.57. The van der Waals surface area contributed by atoms with Crippen molar-refractivity contribution in [3.8, 4) is 66.9 Å². The lowest BCUT2D eigenvalue weighted by Crippen LogP contribution is -2.25. The molecule has 57 heavy (non-hydrogen) atoms. The molecule has 0 bridgehead atoms. The molecule has 3 heteroatoms. The van der Waals surface area contributed by atoms with E-state index in [1.165, 1.54) is 55.3 Å². The minimum absolute atomic E-state index is 0.403. The first kappa shape index (κ1) is 31.8. The zero-order chi connectivity index (χ0) is 37.5. The van der Waals surface area contributed by atoms with Crippen molar-refractivity contribution in [3.05, 3.63) is 223 Å². The Labute approximate surface area is 330 Å². The summed E-state index contributed by atoms with van der Waals surface area (Å²) in [5.41, 5.74) is 20.1. The fraction of sp³-hybridized carbons (Fsp3) is 0.0185. The molecule has 7 aromatic carbocycles. The van der Waals surface area contributed by atoms with E-state index >= 15 is 0 Å². The van der Waals surface area contributed by atoms with Crippen molar-refractivity contribution < 1.29 is 0 Å². The van der Waals surface area contributed by atoms with Crippen LogP contribution in [0.15, 0.2) is 201 Å². The molecule has 3 heterocycles. The maximum absolute atomic E-state index is 5.41. The second-order valence-corrected chi connectivity index (χ2v) is 15.1. The summed E-state index contributed by atoms with van der Waals surface area (Å²) in [4.78, 5) is 13.9. The van der Waals surface area contributed by atoms with Gasteiger partial charge in [0.1, 0.15) is 0 Å². The molecule has 0 unspecified atom stereocenters. The number of pyridine rings is 3. The van der Waals surface area contributed by atoms with Gasteiger partial charge in [-0.05, 0) is 126 Å². The number of hydrogen-bond acceptors (Lipinski definition) is 3. The molecule has 2 aliphatic carbocycles. The summed E-state index contributed by atoms with van der Waals surface area (Å²) < 4.78 is 0. The van der Waals surface area contributed by atoms with E-state index < -0.39 is 5.41 Å². The monoisotopic (exact) mass is 723 g/mol. The second-order valence-electron chi connectivity index (χ2n) is 15.1. The highest BCUT2D eigenvalue weighted by Gasteiger charge is 2.52. The topological polar surface area (TPSA) is 38.7 Å². The van der Waals surface area contributed by atoms with Crippen LogP contribution in [-0.4, -0.2) is 15.0 Å². The molecule has 3 nitrogen and oxygen atoms in total. The van der Waals surface area contributed by atoms with Gasteiger partial charge in [-0.1, -0.05) is 127 Å². The summed E-state index contributed by atoms with van der Waals surface area (Å²) in [6, 6.07) is 64.5. The molecule has 1 spiro atoms. The van der Waals surface area contributed by atoms with Crippen LogP contribution in [0.2, 0.25) is 0 Å². The fourth-order valence-corrected chi connectivity index (χ4v) is 9.88. The average Bonchev–Trinajstić information content (AvgIpc) is 3.77. The van der Waals surface area contributed by atoms with Crippen LogP contribution in [0.3, 0.4) is 0 Å². The van der Waals surface area contributed by atoms with E-state index in [1.54, 1.807) is 0 Å². The highest BCUT2D eigenvalue weighted by molar-refractivity contribution is 6.20. The molecule has 12 rings (SSSR count). The molecule has 0 atom stereocenters. The van der Waals surface area contributed by atoms with E-state index in [4.69, 9.17) is 4.98 Å². The van der Waals surface area contributed by atoms with Crippen molar-refractivity contribution in [1.82, 2.24) is 15.0 Å². The Balaban J connectivity index is 1.07. The van der Waals surface area contributed by atoms with Crippen LogP contribution in [0.1, 0.15) is 22.3 Å². The lowest BCUT2D eigenvalue weighted by atomic mass is 9.70. The normalized spacial score (nSPS) is 13.1. The Kier molecular flexibility index (Phi) is 6.84. The van der Waals surface area contributed by atoms with Gasteiger partial charge in [0.05, 0.1) is 16.6 Å². The third-order valence-electron chi connectivity index (χ3n) is 12.3. The Morgan fingerprint density at radius 2 is 0.807 bits per heavy atom. The van der Waals surface area contributed by atoms with Crippen LogP contribution in [0, 0.1) is 0 Å². The molecule has 0 saturated carbocycles. The predicted octanol–water partition coefficient (Wildman–Crippen LogP) is 13.2. The molecule has 0 N–H and O–H groups in total. The number of hydrogen-bond donors (Lipinski definition) is 0. The summed E-state index contributed by atoms with van der Waals surface area (Å²) in [6.45, 7) is 0. The van der Waals surface area contributed by atoms with Crippen molar-refractivity contribution in [2.75, 3.05) is 0 Å². The lowest BCUT2D eigenvalue weighted by molar-refractivity contribution is 0.794. The second kappa shape index (κ2) is 12.3. The van der Waals surface area contributed by atoms with Gasteiger partial charge >= 0.3 is 0 Å². The van der Waals surface area contributed by atoms with Gasteiger partial charge in [-0.15, -0.1) is 0 Å². The molecular formula is C54H33N3. The SMILES string of the molecule is c1ccc2c(c1)-c1ccccc1C21c2ccccc2-c2c1ccc1c(-c3ccc(-c4cc(-c5ccncc5)cc(-c5ccncc5)c4)cc3)nc3ccccc3c21. The van der Waals surface area contributed by atoms with E-state index in [9.17, 15) is 0 Å². The first-order valence-electron chi connectivity index (χ1n) is 19.5. The number of para-hydroxylation sites is 1. The Bertz CT molecular complexity index is 3120. The molecule has 10 aromatic rings. The van der Waals surface area contributed by atoms with Crippen molar-refractivity contribution >= 4 is 21.7 Å². The van der Waals surface area contributed by atoms with Crippen LogP contribution in [-0.2, 0) is 5.41 Å². The summed E-state index contributed by atoms with van der Waals surface area (Å²) in [5.74, 6) is 0. The zero-order valence-corrected chi connectivity index (χ0v) is 30.9. The Morgan fingerprint density at radius 3 is 1.40 bits per heavy atom. The van der Waals surface area contributed by atoms with E-state index in [1.807, 2.05) is 24.8 Å². The molecule has 0 radical (unpaired) electrons. The molecular weight excluding hydrogens is 691 g/mol. The zero-order valence-electron chi connectivity index (χ0n) is 30.9. The van der Waals surface area contributed by atoms with Crippen LogP contribution in [0.4, 0.5) is 0 Å². The highest BCUT2D eigenvalue weighted by Crippen LogP contribution is 2.64. The van der Waals surface area contributed by atoms with Crippen molar-refractivity contribution in [3.63, 3.8) is 0 Å². The van der Waals surface area contributed by atoms with Crippen molar-refractivity contribution in [2.24, 2.45) is 0 Å².